The van der Waals surface area contributed by atoms with Gasteiger partial charge in [0.15, 0.2) is 0 Å². The predicted octanol–water partition coefficient (Wildman–Crippen LogP) is 5.84. The molecule has 0 saturated carbocycles. The summed E-state index contributed by atoms with van der Waals surface area (Å²) in [5.74, 6) is -0.0495. The van der Waals surface area contributed by atoms with Gasteiger partial charge in [-0.15, -0.1) is 0 Å². The average molecular weight is 483 g/mol. The molecule has 0 saturated heterocycles. The summed E-state index contributed by atoms with van der Waals surface area (Å²) >= 11 is 0. The number of carbonyl (C=O) groups is 1. The molecule has 0 fully saturated rings. The van der Waals surface area contributed by atoms with E-state index in [0.29, 0.717) is 17.7 Å². The topological polar surface area (TPSA) is 58.2 Å². The van der Waals surface area contributed by atoms with Crippen LogP contribution < -0.4 is 10.0 Å². The molecule has 5 heteroatoms. The smallest absolute Gasteiger partial charge is 0.220 e. The van der Waals surface area contributed by atoms with Crippen LogP contribution in [-0.2, 0) is 22.2 Å². The van der Waals surface area contributed by atoms with Gasteiger partial charge < -0.3 is 5.32 Å². The van der Waals surface area contributed by atoms with E-state index >= 15 is 0 Å². The summed E-state index contributed by atoms with van der Waals surface area (Å²) < 4.78 is 16.7. The molecule has 0 heterocycles. The first-order chi connectivity index (χ1) is 17.1. The van der Waals surface area contributed by atoms with Gasteiger partial charge in [-0.2, -0.15) is 0 Å². The molecule has 1 unspecified atom stereocenters. The van der Waals surface area contributed by atoms with Crippen molar-refractivity contribution in [3.63, 3.8) is 0 Å². The third-order valence-electron chi connectivity index (χ3n) is 5.92. The molecule has 0 aromatic heterocycles. The van der Waals surface area contributed by atoms with Gasteiger partial charge in [0, 0.05) is 6.42 Å². The maximum Gasteiger partial charge on any atom is 0.220 e. The summed E-state index contributed by atoms with van der Waals surface area (Å²) in [7, 11) is -1.47. The monoisotopic (exact) mass is 482 g/mol. The SMILES string of the molecule is Cc1ccc(S(=O)N[C@H](c2ccccc2)[C@H](NC(=O)CCc2ccccc2)c2ccccc2)cc1. The van der Waals surface area contributed by atoms with E-state index in [0.717, 1.165) is 22.3 Å². The van der Waals surface area contributed by atoms with Gasteiger partial charge >= 0.3 is 0 Å². The number of rotatable bonds is 10. The normalized spacial score (nSPS) is 13.5. The molecule has 2 N–H and O–H groups in total. The quantitative estimate of drug-likeness (QED) is 0.298. The van der Waals surface area contributed by atoms with Crippen molar-refractivity contribution < 1.29 is 9.00 Å². The maximum absolute atomic E-state index is 13.4. The van der Waals surface area contributed by atoms with Gasteiger partial charge in [0.2, 0.25) is 5.91 Å². The first-order valence-corrected chi connectivity index (χ1v) is 12.9. The Morgan fingerprint density at radius 1 is 0.714 bits per heavy atom. The van der Waals surface area contributed by atoms with Crippen LogP contribution in [0.2, 0.25) is 0 Å². The fourth-order valence-corrected chi connectivity index (χ4v) is 5.02. The van der Waals surface area contributed by atoms with Crippen LogP contribution in [0.5, 0.6) is 0 Å². The van der Waals surface area contributed by atoms with Crippen molar-refractivity contribution in [2.24, 2.45) is 0 Å². The van der Waals surface area contributed by atoms with Gasteiger partial charge in [-0.3, -0.25) is 4.79 Å². The lowest BCUT2D eigenvalue weighted by atomic mass is 9.93. The molecule has 178 valence electrons. The highest BCUT2D eigenvalue weighted by atomic mass is 32.2. The zero-order valence-corrected chi connectivity index (χ0v) is 20.6. The summed E-state index contributed by atoms with van der Waals surface area (Å²) in [5, 5.41) is 3.23. The molecule has 3 atom stereocenters. The summed E-state index contributed by atoms with van der Waals surface area (Å²) in [4.78, 5) is 13.8. The maximum atomic E-state index is 13.4. The Morgan fingerprint density at radius 2 is 1.23 bits per heavy atom. The largest absolute Gasteiger partial charge is 0.347 e. The van der Waals surface area contributed by atoms with Crippen LogP contribution >= 0.6 is 0 Å². The second-order valence-corrected chi connectivity index (χ2v) is 9.77. The number of aryl methyl sites for hydroxylation is 2. The highest BCUT2D eigenvalue weighted by Gasteiger charge is 2.28. The highest BCUT2D eigenvalue weighted by Crippen LogP contribution is 2.30. The van der Waals surface area contributed by atoms with Crippen molar-refractivity contribution in [2.45, 2.75) is 36.7 Å². The molecule has 35 heavy (non-hydrogen) atoms. The van der Waals surface area contributed by atoms with Gasteiger partial charge in [0.1, 0.15) is 11.0 Å². The zero-order chi connectivity index (χ0) is 24.5. The Balaban J connectivity index is 1.61. The number of amides is 1. The van der Waals surface area contributed by atoms with Gasteiger partial charge in [-0.1, -0.05) is 109 Å². The lowest BCUT2D eigenvalue weighted by molar-refractivity contribution is -0.122. The van der Waals surface area contributed by atoms with Crippen LogP contribution in [0.1, 0.15) is 40.8 Å². The minimum atomic E-state index is -1.47. The first kappa shape index (κ1) is 24.6. The summed E-state index contributed by atoms with van der Waals surface area (Å²) in [6.45, 7) is 2.00. The van der Waals surface area contributed by atoms with E-state index in [1.165, 1.54) is 0 Å². The molecule has 1 amide bonds. The van der Waals surface area contributed by atoms with Crippen molar-refractivity contribution in [3.8, 4) is 0 Å². The fourth-order valence-electron chi connectivity index (χ4n) is 4.00. The highest BCUT2D eigenvalue weighted by molar-refractivity contribution is 7.83. The van der Waals surface area contributed by atoms with E-state index in [-0.39, 0.29) is 5.91 Å². The molecule has 4 rings (SSSR count). The second-order valence-electron chi connectivity index (χ2n) is 8.53. The Labute approximate surface area is 210 Å². The lowest BCUT2D eigenvalue weighted by Crippen LogP contribution is -2.39. The molecule has 0 aliphatic rings. The summed E-state index contributed by atoms with van der Waals surface area (Å²) in [6, 6.07) is 36.5. The van der Waals surface area contributed by atoms with E-state index in [1.807, 2.05) is 122 Å². The van der Waals surface area contributed by atoms with Gasteiger partial charge in [0.05, 0.1) is 17.0 Å². The van der Waals surface area contributed by atoms with Gasteiger partial charge in [-0.05, 0) is 42.2 Å². The molecule has 0 spiro atoms. The van der Waals surface area contributed by atoms with E-state index in [1.54, 1.807) is 0 Å². The average Bonchev–Trinajstić information content (AvgIpc) is 2.91. The standard InChI is InChI=1S/C30H30N2O2S/c1-23-17-20-27(21-18-23)35(34)32-30(26-15-9-4-10-16-26)29(25-13-7-3-8-14-25)31-28(33)22-19-24-11-5-2-6-12-24/h2-18,20-21,29-30,32H,19,22H2,1H3,(H,31,33)/t29-,30-,35?/m1/s1. The first-order valence-electron chi connectivity index (χ1n) is 11.8. The third-order valence-corrected chi connectivity index (χ3v) is 7.09. The minimum Gasteiger partial charge on any atom is -0.347 e. The molecule has 4 aromatic carbocycles. The van der Waals surface area contributed by atoms with Crippen molar-refractivity contribution in [1.82, 2.24) is 10.0 Å². The predicted molar refractivity (Wildman–Crippen MR) is 142 cm³/mol. The van der Waals surface area contributed by atoms with Gasteiger partial charge in [-0.25, -0.2) is 8.93 Å². The molecule has 4 nitrogen and oxygen atoms in total. The zero-order valence-electron chi connectivity index (χ0n) is 19.8. The Morgan fingerprint density at radius 3 is 1.80 bits per heavy atom. The molecular formula is C30H30N2O2S. The van der Waals surface area contributed by atoms with Crippen molar-refractivity contribution >= 4 is 16.9 Å². The summed E-state index contributed by atoms with van der Waals surface area (Å²) in [6.07, 6.45) is 1.03. The Kier molecular flexibility index (Phi) is 8.60. The molecule has 0 aliphatic carbocycles. The number of nitrogens with one attached hydrogen (secondary N) is 2. The molecule has 0 radical (unpaired) electrons. The van der Waals surface area contributed by atoms with Crippen molar-refractivity contribution in [1.29, 1.82) is 0 Å². The van der Waals surface area contributed by atoms with Crippen LogP contribution in [0.3, 0.4) is 0 Å². The minimum absolute atomic E-state index is 0.0495. The van der Waals surface area contributed by atoms with Crippen molar-refractivity contribution in [2.75, 3.05) is 0 Å². The Hall–Kier alpha value is -3.54. The van der Waals surface area contributed by atoms with E-state index in [4.69, 9.17) is 0 Å². The van der Waals surface area contributed by atoms with Gasteiger partial charge in [0.25, 0.3) is 0 Å². The number of benzene rings is 4. The number of carbonyl (C=O) groups excluding carboxylic acids is 1. The van der Waals surface area contributed by atoms with E-state index < -0.39 is 23.1 Å². The molecule has 0 aliphatic heterocycles. The van der Waals surface area contributed by atoms with Crippen LogP contribution in [0.15, 0.2) is 120 Å². The molecule has 4 aromatic rings. The molecule has 0 bridgehead atoms. The Bertz CT molecular complexity index is 1230. The number of hydrogen-bond donors (Lipinski definition) is 2. The van der Waals surface area contributed by atoms with Crippen LogP contribution in [0, 0.1) is 6.92 Å². The van der Waals surface area contributed by atoms with E-state index in [9.17, 15) is 9.00 Å². The van der Waals surface area contributed by atoms with E-state index in [2.05, 4.69) is 10.0 Å². The third kappa shape index (κ3) is 6.98. The van der Waals surface area contributed by atoms with Crippen molar-refractivity contribution in [3.05, 3.63) is 138 Å². The lowest BCUT2D eigenvalue weighted by Gasteiger charge is -2.29. The second kappa shape index (κ2) is 12.2. The van der Waals surface area contributed by atoms with Crippen LogP contribution in [0.4, 0.5) is 0 Å². The van der Waals surface area contributed by atoms with Crippen LogP contribution in [-0.4, -0.2) is 10.1 Å². The summed E-state index contributed by atoms with van der Waals surface area (Å²) in [5.41, 5.74) is 4.13. The van der Waals surface area contributed by atoms with Crippen LogP contribution in [0.25, 0.3) is 0 Å². The fraction of sp³-hybridized carbons (Fsp3) is 0.167. The molecular weight excluding hydrogens is 452 g/mol. The number of hydrogen-bond acceptors (Lipinski definition) is 2.